The minimum absolute atomic E-state index is 0.00963. The fourth-order valence-electron chi connectivity index (χ4n) is 8.13. The molecule has 8 aromatic rings. The molecule has 0 radical (unpaired) electrons. The van der Waals surface area contributed by atoms with E-state index in [0.29, 0.717) is 33.6 Å². The summed E-state index contributed by atoms with van der Waals surface area (Å²) in [4.78, 5) is 0. The molecule has 0 amide bonds. The molecule has 212 valence electrons. The summed E-state index contributed by atoms with van der Waals surface area (Å²) in [7, 11) is 0. The van der Waals surface area contributed by atoms with E-state index in [1.807, 2.05) is 103 Å². The minimum atomic E-state index is -1.18. The second kappa shape index (κ2) is 8.62. The van der Waals surface area contributed by atoms with Gasteiger partial charge in [-0.15, -0.1) is 0 Å². The third kappa shape index (κ3) is 2.91. The quantitative estimate of drug-likeness (QED) is 0.184. The zero-order chi connectivity index (χ0) is 37.8. The maximum atomic E-state index is 9.69. The maximum Gasteiger partial charge on any atom is 0.135 e. The van der Waals surface area contributed by atoms with Crippen molar-refractivity contribution in [2.45, 2.75) is 5.41 Å². The molecule has 11 rings (SSSR count). The van der Waals surface area contributed by atoms with Crippen molar-refractivity contribution in [1.29, 1.82) is 0 Å². The van der Waals surface area contributed by atoms with Crippen LogP contribution in [-0.2, 0) is 5.41 Å². The minimum Gasteiger partial charge on any atom is -0.456 e. The molecule has 0 aromatic heterocycles. The van der Waals surface area contributed by atoms with E-state index in [1.165, 1.54) is 0 Å². The summed E-state index contributed by atoms with van der Waals surface area (Å²) < 4.78 is 88.5. The first-order chi connectivity index (χ1) is 26.6. The average molecular weight is 592 g/mol. The normalized spacial score (nSPS) is 18.8. The summed E-state index contributed by atoms with van der Waals surface area (Å²) in [5.41, 5.74) is 6.71. The van der Waals surface area contributed by atoms with Crippen LogP contribution in [0.2, 0.25) is 0 Å². The number of hydrogen-bond donors (Lipinski definition) is 0. The number of benzene rings is 8. The molecule has 2 aliphatic carbocycles. The lowest BCUT2D eigenvalue weighted by Gasteiger charge is -2.31. The van der Waals surface area contributed by atoms with Crippen molar-refractivity contribution in [1.82, 2.24) is 0 Å². The molecule has 1 aliphatic heterocycles. The molecule has 1 unspecified atom stereocenters. The van der Waals surface area contributed by atoms with Crippen LogP contribution < -0.4 is 4.74 Å². The van der Waals surface area contributed by atoms with Crippen LogP contribution in [0.4, 0.5) is 0 Å². The lowest BCUT2D eigenvalue weighted by Crippen LogP contribution is -2.25. The van der Waals surface area contributed by atoms with Gasteiger partial charge in [0.05, 0.1) is 17.8 Å². The van der Waals surface area contributed by atoms with E-state index in [9.17, 15) is 6.85 Å². The third-order valence-electron chi connectivity index (χ3n) is 9.93. The van der Waals surface area contributed by atoms with Gasteiger partial charge in [-0.3, -0.25) is 0 Å². The topological polar surface area (TPSA) is 9.23 Å². The Morgan fingerprint density at radius 2 is 1.24 bits per heavy atom. The van der Waals surface area contributed by atoms with Crippen LogP contribution in [0.1, 0.15) is 34.6 Å². The van der Waals surface area contributed by atoms with Crippen LogP contribution in [-0.4, -0.2) is 0 Å². The van der Waals surface area contributed by atoms with E-state index >= 15 is 0 Å². The Morgan fingerprint density at radius 3 is 2.15 bits per heavy atom. The second-order valence-corrected chi connectivity index (χ2v) is 12.1. The second-order valence-electron chi connectivity index (χ2n) is 12.1. The number of ether oxygens (including phenoxy) is 1. The first kappa shape index (κ1) is 17.5. The van der Waals surface area contributed by atoms with Crippen molar-refractivity contribution in [3.05, 3.63) is 180 Å². The van der Waals surface area contributed by atoms with Gasteiger partial charge in [-0.05, 0) is 102 Å². The van der Waals surface area contributed by atoms with Gasteiger partial charge in [-0.2, -0.15) is 0 Å². The van der Waals surface area contributed by atoms with E-state index in [-0.39, 0.29) is 64.4 Å². The number of hydrogen-bond acceptors (Lipinski definition) is 1. The van der Waals surface area contributed by atoms with Crippen molar-refractivity contribution >= 4 is 21.5 Å². The molecular weight excluding hydrogens is 556 g/mol. The van der Waals surface area contributed by atoms with E-state index in [2.05, 4.69) is 0 Å². The van der Waals surface area contributed by atoms with Crippen LogP contribution in [0.5, 0.6) is 11.5 Å². The van der Waals surface area contributed by atoms with Crippen molar-refractivity contribution in [3.8, 4) is 56.0 Å². The molecule has 8 aromatic carbocycles. The molecular formula is C45H26O. The van der Waals surface area contributed by atoms with Gasteiger partial charge in [0.25, 0.3) is 0 Å². The van der Waals surface area contributed by atoms with Crippen molar-refractivity contribution < 1.29 is 17.1 Å². The van der Waals surface area contributed by atoms with Crippen molar-refractivity contribution in [2.24, 2.45) is 0 Å². The molecule has 1 atom stereocenters. The van der Waals surface area contributed by atoms with Crippen molar-refractivity contribution in [2.75, 3.05) is 0 Å². The molecule has 1 nitrogen and oxygen atoms in total. The van der Waals surface area contributed by atoms with E-state index in [0.717, 1.165) is 44.2 Å². The van der Waals surface area contributed by atoms with Gasteiger partial charge in [0.2, 0.25) is 0 Å². The van der Waals surface area contributed by atoms with Crippen LogP contribution in [0.25, 0.3) is 66.1 Å². The summed E-state index contributed by atoms with van der Waals surface area (Å²) in [5, 5.41) is 2.00. The smallest absolute Gasteiger partial charge is 0.135 e. The fourth-order valence-corrected chi connectivity index (χ4v) is 8.13. The fraction of sp³-hybridized carbons (Fsp3) is 0.0222. The predicted octanol–water partition coefficient (Wildman–Crippen LogP) is 11.8. The summed E-state index contributed by atoms with van der Waals surface area (Å²) in [6.45, 7) is 0. The predicted molar refractivity (Wildman–Crippen MR) is 189 cm³/mol. The molecule has 1 spiro atoms. The first-order valence-corrected chi connectivity index (χ1v) is 15.3. The van der Waals surface area contributed by atoms with Gasteiger partial charge in [0.15, 0.2) is 0 Å². The van der Waals surface area contributed by atoms with Gasteiger partial charge in [0, 0.05) is 10.9 Å². The third-order valence-corrected chi connectivity index (χ3v) is 9.93. The van der Waals surface area contributed by atoms with E-state index in [4.69, 9.17) is 10.2 Å². The Hall–Kier alpha value is -5.92. The highest BCUT2D eigenvalue weighted by molar-refractivity contribution is 6.07. The zero-order valence-electron chi connectivity index (χ0n) is 33.2. The molecule has 46 heavy (non-hydrogen) atoms. The van der Waals surface area contributed by atoms with Crippen molar-refractivity contribution in [3.63, 3.8) is 0 Å². The lowest BCUT2D eigenvalue weighted by molar-refractivity contribution is 0.487. The van der Waals surface area contributed by atoms with Crippen LogP contribution in [0, 0.1) is 0 Å². The van der Waals surface area contributed by atoms with Gasteiger partial charge in [-0.1, -0.05) is 133 Å². The highest BCUT2D eigenvalue weighted by atomic mass is 16.5. The molecule has 1 heteroatoms. The standard InChI is InChI=1S/C45H26O/c1-2-12-31-27(9-1)20-23-39-44(31)35-14-4-6-17-38(35)45(39)37-16-5-3-13-32(37)33-22-19-30(26-40(33)45)29-21-24-41-36(25-29)34-15-7-10-28-11-8-18-42(46-41)43(28)34/h1-26H/i1D,2D,9D,12D,20D,21D,23D,24D,25D. The number of rotatable bonds is 1. The summed E-state index contributed by atoms with van der Waals surface area (Å²) in [6.07, 6.45) is 0. The molecule has 0 saturated carbocycles. The number of fused-ring (bicyclic) bond motifs is 14. The first-order valence-electron chi connectivity index (χ1n) is 19.8. The Balaban J connectivity index is 1.27. The van der Waals surface area contributed by atoms with Gasteiger partial charge in [-0.25, -0.2) is 0 Å². The lowest BCUT2D eigenvalue weighted by atomic mass is 9.70. The Kier molecular flexibility index (Phi) is 3.29. The Labute approximate surface area is 279 Å². The van der Waals surface area contributed by atoms with E-state index < -0.39 is 17.5 Å². The SMILES string of the molecule is [2H]c1c([2H])c(-c2ccc3c(c2)C2(c4ccccc4-3)c3ccccc3-c3c2c([2H])c([2H])c2c([2H])c([2H])c([2H])c([2H])c32)c([2H])c2c1Oc1cccc3cccc-2c13. The van der Waals surface area contributed by atoms with Gasteiger partial charge < -0.3 is 4.74 Å². The van der Waals surface area contributed by atoms with Gasteiger partial charge in [0.1, 0.15) is 11.5 Å². The molecule has 0 saturated heterocycles. The molecule has 3 aliphatic rings. The largest absolute Gasteiger partial charge is 0.456 e. The highest BCUT2D eigenvalue weighted by Gasteiger charge is 2.52. The zero-order valence-corrected chi connectivity index (χ0v) is 24.2. The molecule has 0 N–H and O–H groups in total. The molecule has 1 heterocycles. The molecule has 0 fully saturated rings. The maximum absolute atomic E-state index is 9.69. The Morgan fingerprint density at radius 1 is 0.478 bits per heavy atom. The summed E-state index contributed by atoms with van der Waals surface area (Å²) in [5.74, 6) is 0.751. The van der Waals surface area contributed by atoms with Crippen LogP contribution in [0.3, 0.4) is 0 Å². The summed E-state index contributed by atoms with van der Waals surface area (Å²) in [6, 6.07) is 30.8. The van der Waals surface area contributed by atoms with Gasteiger partial charge >= 0.3 is 0 Å². The average Bonchev–Trinajstić information content (AvgIpc) is 3.67. The summed E-state index contributed by atoms with van der Waals surface area (Å²) >= 11 is 0. The Bertz CT molecular complexity index is 3130. The monoisotopic (exact) mass is 591 g/mol. The van der Waals surface area contributed by atoms with Crippen LogP contribution >= 0.6 is 0 Å². The molecule has 0 bridgehead atoms. The highest BCUT2D eigenvalue weighted by Crippen LogP contribution is 2.64. The van der Waals surface area contributed by atoms with E-state index in [1.54, 1.807) is 0 Å². The van der Waals surface area contributed by atoms with Crippen LogP contribution in [0.15, 0.2) is 158 Å².